The zero-order valence-electron chi connectivity index (χ0n) is 20.7. The van der Waals surface area contributed by atoms with Gasteiger partial charge in [0.15, 0.2) is 9.84 Å². The monoisotopic (exact) mass is 464 g/mol. The fourth-order valence-corrected chi connectivity index (χ4v) is 5.62. The molecule has 0 aromatic heterocycles. The number of aryl methyl sites for hydroxylation is 1. The van der Waals surface area contributed by atoms with Gasteiger partial charge in [0.2, 0.25) is 11.8 Å². The number of hydrogen-bond donors (Lipinski definition) is 1. The molecule has 0 unspecified atom stereocenters. The first-order valence-electron chi connectivity index (χ1n) is 11.5. The topological polar surface area (TPSA) is 83.6 Å². The number of nitrogens with zero attached hydrogens (tertiary/aromatic N) is 1. The normalized spacial score (nSPS) is 16.2. The molecule has 2 rings (SSSR count). The molecule has 0 bridgehead atoms. The summed E-state index contributed by atoms with van der Waals surface area (Å²) in [6.07, 6.45) is 1.85. The maximum atomic E-state index is 12.8. The Morgan fingerprint density at radius 1 is 0.969 bits per heavy atom. The molecule has 1 aromatic carbocycles. The predicted molar refractivity (Wildman–Crippen MR) is 130 cm³/mol. The molecule has 0 spiro atoms. The highest BCUT2D eigenvalue weighted by Gasteiger charge is 2.32. The fraction of sp³-hybridized carbons (Fsp3) is 0.680. The molecule has 1 heterocycles. The molecule has 1 aliphatic heterocycles. The number of carbonyl (C=O) groups excluding carboxylic acids is 2. The minimum absolute atomic E-state index is 0.0298. The van der Waals surface area contributed by atoms with E-state index in [4.69, 9.17) is 0 Å². The quantitative estimate of drug-likeness (QED) is 0.700. The van der Waals surface area contributed by atoms with Crippen molar-refractivity contribution in [3.63, 3.8) is 0 Å². The molecule has 1 aliphatic rings. The van der Waals surface area contributed by atoms with Gasteiger partial charge in [0.25, 0.3) is 0 Å². The Kier molecular flexibility index (Phi) is 8.19. The molecule has 0 aliphatic carbocycles. The van der Waals surface area contributed by atoms with E-state index < -0.39 is 26.7 Å². The van der Waals surface area contributed by atoms with Crippen LogP contribution in [0.25, 0.3) is 0 Å². The van der Waals surface area contributed by atoms with E-state index in [1.54, 1.807) is 4.90 Å². The van der Waals surface area contributed by atoms with Gasteiger partial charge in [0, 0.05) is 26.6 Å². The summed E-state index contributed by atoms with van der Waals surface area (Å²) in [7, 11) is -2.06. The lowest BCUT2D eigenvalue weighted by Crippen LogP contribution is -2.44. The largest absolute Gasteiger partial charge is 0.358 e. The lowest BCUT2D eigenvalue weighted by Gasteiger charge is -2.32. The summed E-state index contributed by atoms with van der Waals surface area (Å²) in [4.78, 5) is 26.1. The second-order valence-corrected chi connectivity index (χ2v) is 13.3. The minimum Gasteiger partial charge on any atom is -0.358 e. The number of carbonyl (C=O) groups is 2. The van der Waals surface area contributed by atoms with Crippen LogP contribution in [0.3, 0.4) is 0 Å². The van der Waals surface area contributed by atoms with Gasteiger partial charge in [-0.1, -0.05) is 59.7 Å². The van der Waals surface area contributed by atoms with Crippen molar-refractivity contribution in [1.82, 2.24) is 10.2 Å². The Bertz CT molecular complexity index is 899. The maximum absolute atomic E-state index is 12.8. The van der Waals surface area contributed by atoms with E-state index in [9.17, 15) is 18.0 Å². The van der Waals surface area contributed by atoms with Gasteiger partial charge in [0.1, 0.15) is 5.75 Å². The molecule has 6 nitrogen and oxygen atoms in total. The number of amides is 2. The van der Waals surface area contributed by atoms with Crippen LogP contribution >= 0.6 is 0 Å². The van der Waals surface area contributed by atoms with Crippen LogP contribution in [0.1, 0.15) is 77.5 Å². The van der Waals surface area contributed by atoms with Gasteiger partial charge in [-0.15, -0.1) is 0 Å². The molecule has 2 amide bonds. The number of piperidine rings is 1. The van der Waals surface area contributed by atoms with Crippen molar-refractivity contribution in [3.05, 3.63) is 34.9 Å². The lowest BCUT2D eigenvalue weighted by atomic mass is 9.79. The molecule has 0 radical (unpaired) electrons. The summed E-state index contributed by atoms with van der Waals surface area (Å²) < 4.78 is 24.8. The van der Waals surface area contributed by atoms with Crippen molar-refractivity contribution in [1.29, 1.82) is 0 Å². The van der Waals surface area contributed by atoms with E-state index in [0.717, 1.165) is 0 Å². The number of rotatable bonds is 6. The van der Waals surface area contributed by atoms with Crippen LogP contribution in [-0.2, 0) is 36.7 Å². The summed E-state index contributed by atoms with van der Waals surface area (Å²) in [6.45, 7) is 14.0. The number of hydrogen-bond acceptors (Lipinski definition) is 4. The second-order valence-electron chi connectivity index (χ2n) is 11.0. The molecule has 0 saturated carbocycles. The number of sulfone groups is 1. The molecule has 7 heteroatoms. The summed E-state index contributed by atoms with van der Waals surface area (Å²) >= 11 is 0. The van der Waals surface area contributed by atoms with Crippen LogP contribution < -0.4 is 5.32 Å². The number of likely N-dealkylation sites (tertiary alicyclic amines) is 1. The van der Waals surface area contributed by atoms with Gasteiger partial charge in [-0.3, -0.25) is 9.59 Å². The molecule has 1 aromatic rings. The Labute approximate surface area is 194 Å². The van der Waals surface area contributed by atoms with Crippen LogP contribution in [0.2, 0.25) is 0 Å². The second kappa shape index (κ2) is 9.94. The Morgan fingerprint density at radius 2 is 1.47 bits per heavy atom. The van der Waals surface area contributed by atoms with Crippen LogP contribution in [0.15, 0.2) is 18.2 Å². The highest BCUT2D eigenvalue weighted by Crippen LogP contribution is 2.31. The number of benzene rings is 1. The van der Waals surface area contributed by atoms with Gasteiger partial charge in [-0.25, -0.2) is 8.42 Å². The zero-order valence-corrected chi connectivity index (χ0v) is 21.6. The maximum Gasteiger partial charge on any atom is 0.234 e. The molecule has 0 atom stereocenters. The summed E-state index contributed by atoms with van der Waals surface area (Å²) in [5.41, 5.74) is 3.77. The molecular weight excluding hydrogens is 424 g/mol. The first-order valence-corrected chi connectivity index (χ1v) is 13.2. The van der Waals surface area contributed by atoms with Gasteiger partial charge < -0.3 is 10.2 Å². The Balaban J connectivity index is 2.01. The van der Waals surface area contributed by atoms with Crippen molar-refractivity contribution in [2.45, 2.75) is 83.3 Å². The van der Waals surface area contributed by atoms with E-state index in [-0.39, 0.29) is 16.7 Å². The average molecular weight is 465 g/mol. The lowest BCUT2D eigenvalue weighted by molar-refractivity contribution is -0.132. The molecule has 1 fully saturated rings. The molecule has 1 N–H and O–H groups in total. The summed E-state index contributed by atoms with van der Waals surface area (Å²) in [5.74, 6) is -0.913. The molecular formula is C25H40N2O4S. The molecule has 32 heavy (non-hydrogen) atoms. The summed E-state index contributed by atoms with van der Waals surface area (Å²) in [6, 6.07) is 6.69. The van der Waals surface area contributed by atoms with Crippen molar-refractivity contribution in [2.75, 3.05) is 25.9 Å². The Hall–Kier alpha value is -1.89. The van der Waals surface area contributed by atoms with E-state index in [2.05, 4.69) is 65.1 Å². The van der Waals surface area contributed by atoms with Gasteiger partial charge in [-0.05, 0) is 46.8 Å². The van der Waals surface area contributed by atoms with Crippen LogP contribution in [0.4, 0.5) is 0 Å². The fourth-order valence-electron chi connectivity index (χ4n) is 3.95. The minimum atomic E-state index is -3.49. The van der Waals surface area contributed by atoms with Gasteiger partial charge in [0.05, 0.1) is 5.25 Å². The highest BCUT2D eigenvalue weighted by molar-refractivity contribution is 7.92. The van der Waals surface area contributed by atoms with Crippen LogP contribution in [0, 0.1) is 0 Å². The average Bonchev–Trinajstić information content (AvgIpc) is 2.70. The van der Waals surface area contributed by atoms with Crippen LogP contribution in [0.5, 0.6) is 0 Å². The van der Waals surface area contributed by atoms with E-state index in [1.165, 1.54) is 23.7 Å². The predicted octanol–water partition coefficient (Wildman–Crippen LogP) is 3.37. The van der Waals surface area contributed by atoms with Gasteiger partial charge in [-0.2, -0.15) is 0 Å². The van der Waals surface area contributed by atoms with E-state index in [0.29, 0.717) is 38.8 Å². The Morgan fingerprint density at radius 3 is 1.91 bits per heavy atom. The molecule has 180 valence electrons. The SMILES string of the molecule is CNC(=O)CS(=O)(=O)C1CCN(C(=O)CCc2cc(C(C)(C)C)cc(C(C)(C)C)c2)CC1. The van der Waals surface area contributed by atoms with E-state index in [1.807, 2.05) is 0 Å². The van der Waals surface area contributed by atoms with Crippen molar-refractivity contribution < 1.29 is 18.0 Å². The van der Waals surface area contributed by atoms with E-state index >= 15 is 0 Å². The third kappa shape index (κ3) is 7.06. The van der Waals surface area contributed by atoms with Crippen molar-refractivity contribution in [3.8, 4) is 0 Å². The first kappa shape index (κ1) is 26.4. The van der Waals surface area contributed by atoms with Gasteiger partial charge >= 0.3 is 0 Å². The smallest absolute Gasteiger partial charge is 0.234 e. The highest BCUT2D eigenvalue weighted by atomic mass is 32.2. The standard InChI is InChI=1S/C25H40N2O4S/c1-24(2,3)19-14-18(15-20(16-19)25(4,5)6)8-9-23(29)27-12-10-21(11-13-27)32(30,31)17-22(28)26-7/h14-16,21H,8-13,17H2,1-7H3,(H,26,28). The van der Waals surface area contributed by atoms with Crippen LogP contribution in [-0.4, -0.2) is 56.3 Å². The van der Waals surface area contributed by atoms with Crippen molar-refractivity contribution >= 4 is 21.7 Å². The molecule has 1 saturated heterocycles. The third-order valence-corrected chi connectivity index (χ3v) is 8.42. The zero-order chi connectivity index (χ0) is 24.3. The summed E-state index contributed by atoms with van der Waals surface area (Å²) in [5, 5.41) is 1.81. The van der Waals surface area contributed by atoms with Crippen molar-refractivity contribution in [2.24, 2.45) is 0 Å². The third-order valence-electron chi connectivity index (χ3n) is 6.27. The first-order chi connectivity index (χ1) is 14.6. The number of nitrogens with one attached hydrogen (secondary N) is 1.